The Hall–Kier alpha value is -6.64. The maximum Gasteiger partial charge on any atom is 0.0713 e. The Morgan fingerprint density at radius 2 is 0.589 bits per heavy atom. The van der Waals surface area contributed by atoms with Crippen LogP contribution in [0.5, 0.6) is 0 Å². The quantitative estimate of drug-likeness (QED) is 0.154. The summed E-state index contributed by atoms with van der Waals surface area (Å²) in [6.07, 6.45) is 0. The minimum absolute atomic E-state index is 0.522. The lowest BCUT2D eigenvalue weighted by atomic mass is 9.67. The van der Waals surface area contributed by atoms with Crippen LogP contribution in [0.2, 0.25) is 0 Å². The van der Waals surface area contributed by atoms with Gasteiger partial charge >= 0.3 is 0 Å². The summed E-state index contributed by atoms with van der Waals surface area (Å²) < 4.78 is 0. The Morgan fingerprint density at radius 1 is 0.286 bits per heavy atom. The molecular weight excluding hydrogens is 677 g/mol. The molecule has 0 spiro atoms. The summed E-state index contributed by atoms with van der Waals surface area (Å²) in [5.41, 5.74) is 20.2. The van der Waals surface area contributed by atoms with Crippen molar-refractivity contribution in [1.29, 1.82) is 0 Å². The van der Waals surface area contributed by atoms with Crippen molar-refractivity contribution >= 4 is 34.1 Å². The third kappa shape index (κ3) is 6.08. The van der Waals surface area contributed by atoms with Crippen LogP contribution in [0.1, 0.15) is 50.1 Å². The van der Waals surface area contributed by atoms with Gasteiger partial charge in [-0.2, -0.15) is 0 Å². The first-order valence-corrected chi connectivity index (χ1v) is 19.6. The van der Waals surface area contributed by atoms with E-state index in [9.17, 15) is 0 Å². The van der Waals surface area contributed by atoms with Crippen LogP contribution in [0.25, 0.3) is 11.1 Å². The smallest absolute Gasteiger partial charge is 0.0713 e. The van der Waals surface area contributed by atoms with Crippen molar-refractivity contribution in [2.24, 2.45) is 0 Å². The molecule has 2 heteroatoms. The lowest BCUT2D eigenvalue weighted by Gasteiger charge is -2.35. The number of aryl methyl sites for hydroxylation is 5. The van der Waals surface area contributed by atoms with Gasteiger partial charge in [0.15, 0.2) is 0 Å². The van der Waals surface area contributed by atoms with Gasteiger partial charge in [0.05, 0.1) is 5.41 Å². The molecule has 0 fully saturated rings. The van der Waals surface area contributed by atoms with Gasteiger partial charge in [0.2, 0.25) is 0 Å². The van der Waals surface area contributed by atoms with Gasteiger partial charge in [-0.3, -0.25) is 0 Å². The highest BCUT2D eigenvalue weighted by atomic mass is 15.1. The largest absolute Gasteiger partial charge is 0.311 e. The van der Waals surface area contributed by atoms with Crippen LogP contribution in [0.15, 0.2) is 188 Å². The summed E-state index contributed by atoms with van der Waals surface area (Å²) in [6.45, 7) is 10.8. The van der Waals surface area contributed by atoms with Crippen LogP contribution in [-0.2, 0) is 5.41 Å². The van der Waals surface area contributed by atoms with Gasteiger partial charge in [-0.1, -0.05) is 143 Å². The lowest BCUT2D eigenvalue weighted by molar-refractivity contribution is 0.767. The highest BCUT2D eigenvalue weighted by Crippen LogP contribution is 2.57. The standard InChI is InChI=1S/C54H46N2/c1-37-10-23-44(24-11-37)55(45-25-12-38(2)13-26-45)48-31-19-42(20-32-48)54(52-9-7-6-8-50(52)51-35-18-41(5)36-53(51)54)43-21-33-49(34-22-43)56(46-27-14-39(3)15-28-46)47-29-16-40(4)17-30-47/h6-36H,1-5H3. The number of fused-ring (bicyclic) bond motifs is 3. The minimum atomic E-state index is -0.522. The Bertz CT molecular complexity index is 2410. The predicted octanol–water partition coefficient (Wildman–Crippen LogP) is 14.5. The summed E-state index contributed by atoms with van der Waals surface area (Å²) in [7, 11) is 0. The third-order valence-electron chi connectivity index (χ3n) is 11.5. The number of anilines is 6. The highest BCUT2D eigenvalue weighted by Gasteiger charge is 2.46. The zero-order valence-corrected chi connectivity index (χ0v) is 32.8. The molecular formula is C54H46N2. The molecule has 0 aliphatic heterocycles. The van der Waals surface area contributed by atoms with Crippen molar-refractivity contribution in [3.8, 4) is 11.1 Å². The fourth-order valence-corrected chi connectivity index (χ4v) is 8.57. The van der Waals surface area contributed by atoms with Gasteiger partial charge in [0.25, 0.3) is 0 Å². The Balaban J connectivity index is 1.22. The van der Waals surface area contributed by atoms with E-state index >= 15 is 0 Å². The normalized spacial score (nSPS) is 12.5. The molecule has 1 aliphatic rings. The molecule has 8 aromatic rings. The fourth-order valence-electron chi connectivity index (χ4n) is 8.57. The Morgan fingerprint density at radius 3 is 0.964 bits per heavy atom. The first kappa shape index (κ1) is 35.1. The molecule has 0 N–H and O–H groups in total. The van der Waals surface area contributed by atoms with E-state index in [0.29, 0.717) is 0 Å². The second-order valence-electron chi connectivity index (χ2n) is 15.5. The molecule has 0 atom stereocenters. The van der Waals surface area contributed by atoms with Crippen LogP contribution in [0, 0.1) is 34.6 Å². The first-order chi connectivity index (χ1) is 27.3. The van der Waals surface area contributed by atoms with E-state index in [1.165, 1.54) is 61.2 Å². The molecule has 272 valence electrons. The van der Waals surface area contributed by atoms with Crippen molar-refractivity contribution in [3.63, 3.8) is 0 Å². The van der Waals surface area contributed by atoms with E-state index in [1.807, 2.05) is 0 Å². The van der Waals surface area contributed by atoms with Gasteiger partial charge in [-0.05, 0) is 141 Å². The summed E-state index contributed by atoms with van der Waals surface area (Å²) in [6, 6.07) is 69.9. The van der Waals surface area contributed by atoms with Gasteiger partial charge in [-0.25, -0.2) is 0 Å². The summed E-state index contributed by atoms with van der Waals surface area (Å²) in [4.78, 5) is 4.71. The summed E-state index contributed by atoms with van der Waals surface area (Å²) in [5, 5.41) is 0. The second kappa shape index (κ2) is 14.2. The second-order valence-corrected chi connectivity index (χ2v) is 15.5. The van der Waals surface area contributed by atoms with E-state index < -0.39 is 5.41 Å². The minimum Gasteiger partial charge on any atom is -0.311 e. The number of hydrogen-bond acceptors (Lipinski definition) is 2. The van der Waals surface area contributed by atoms with Gasteiger partial charge < -0.3 is 9.80 Å². The van der Waals surface area contributed by atoms with Crippen molar-refractivity contribution in [3.05, 3.63) is 238 Å². The van der Waals surface area contributed by atoms with Crippen molar-refractivity contribution in [2.75, 3.05) is 9.80 Å². The van der Waals surface area contributed by atoms with Gasteiger partial charge in [0, 0.05) is 34.1 Å². The molecule has 0 aromatic heterocycles. The molecule has 0 unspecified atom stereocenters. The Labute approximate surface area is 332 Å². The maximum absolute atomic E-state index is 2.41. The molecule has 8 aromatic carbocycles. The molecule has 56 heavy (non-hydrogen) atoms. The molecule has 0 saturated heterocycles. The van der Waals surface area contributed by atoms with E-state index in [1.54, 1.807) is 0 Å². The van der Waals surface area contributed by atoms with E-state index in [0.717, 1.165) is 34.1 Å². The Kier molecular flexibility index (Phi) is 8.90. The lowest BCUT2D eigenvalue weighted by Crippen LogP contribution is -2.29. The molecule has 2 nitrogen and oxygen atoms in total. The monoisotopic (exact) mass is 722 g/mol. The van der Waals surface area contributed by atoms with Gasteiger partial charge in [0.1, 0.15) is 0 Å². The van der Waals surface area contributed by atoms with Crippen LogP contribution < -0.4 is 9.80 Å². The molecule has 0 bridgehead atoms. The van der Waals surface area contributed by atoms with Crippen molar-refractivity contribution < 1.29 is 0 Å². The molecule has 0 radical (unpaired) electrons. The van der Waals surface area contributed by atoms with Crippen LogP contribution in [0.3, 0.4) is 0 Å². The average molecular weight is 723 g/mol. The maximum atomic E-state index is 2.41. The topological polar surface area (TPSA) is 6.48 Å². The molecule has 0 saturated carbocycles. The highest BCUT2D eigenvalue weighted by molar-refractivity contribution is 5.87. The predicted molar refractivity (Wildman–Crippen MR) is 237 cm³/mol. The molecule has 0 amide bonds. The van der Waals surface area contributed by atoms with Crippen LogP contribution >= 0.6 is 0 Å². The van der Waals surface area contributed by atoms with Crippen LogP contribution in [-0.4, -0.2) is 0 Å². The summed E-state index contributed by atoms with van der Waals surface area (Å²) >= 11 is 0. The molecule has 0 heterocycles. The van der Waals surface area contributed by atoms with Crippen LogP contribution in [0.4, 0.5) is 34.1 Å². The summed E-state index contributed by atoms with van der Waals surface area (Å²) in [5.74, 6) is 0. The average Bonchev–Trinajstić information content (AvgIpc) is 3.51. The van der Waals surface area contributed by atoms with E-state index in [2.05, 4.69) is 232 Å². The van der Waals surface area contributed by atoms with E-state index in [4.69, 9.17) is 0 Å². The van der Waals surface area contributed by atoms with E-state index in [-0.39, 0.29) is 0 Å². The first-order valence-electron chi connectivity index (χ1n) is 19.6. The number of nitrogens with zero attached hydrogens (tertiary/aromatic N) is 2. The van der Waals surface area contributed by atoms with Gasteiger partial charge in [-0.15, -0.1) is 0 Å². The molecule has 1 aliphatic carbocycles. The molecule has 9 rings (SSSR count). The zero-order chi connectivity index (χ0) is 38.4. The SMILES string of the molecule is Cc1ccc(N(c2ccc(C)cc2)c2ccc(C3(c4ccc(N(c5ccc(C)cc5)c5ccc(C)cc5)cc4)c4ccccc4-c4ccc(C)cc43)cc2)cc1. The fraction of sp³-hybridized carbons (Fsp3) is 0.111. The van der Waals surface area contributed by atoms with Crippen molar-refractivity contribution in [1.82, 2.24) is 0 Å². The third-order valence-corrected chi connectivity index (χ3v) is 11.5. The zero-order valence-electron chi connectivity index (χ0n) is 32.8. The number of hydrogen-bond donors (Lipinski definition) is 0. The number of rotatable bonds is 8. The van der Waals surface area contributed by atoms with Crippen molar-refractivity contribution in [2.45, 2.75) is 40.0 Å². The number of benzene rings is 8.